The summed E-state index contributed by atoms with van der Waals surface area (Å²) in [4.78, 5) is 8.72. The van der Waals surface area contributed by atoms with Crippen LogP contribution in [0.15, 0.2) is 48.0 Å². The number of thiophene rings is 1. The zero-order chi connectivity index (χ0) is 26.6. The Morgan fingerprint density at radius 1 is 1.27 bits per heavy atom. The number of unbranched alkanes of at least 4 members (excludes halogenated alkanes) is 2. The maximum atomic E-state index is 5.87. The summed E-state index contributed by atoms with van der Waals surface area (Å²) in [6.45, 7) is 15.1. The normalized spacial score (nSPS) is 17.5. The van der Waals surface area contributed by atoms with E-state index in [1.807, 2.05) is 30.8 Å². The molecular formula is C31H40ClN3OS. The summed E-state index contributed by atoms with van der Waals surface area (Å²) in [5.41, 5.74) is 8.15. The van der Waals surface area contributed by atoms with Crippen LogP contribution in [-0.2, 0) is 18.3 Å². The molecule has 2 aliphatic rings. The fourth-order valence-corrected chi connectivity index (χ4v) is 6.41. The van der Waals surface area contributed by atoms with Crippen LogP contribution < -0.4 is 0 Å². The van der Waals surface area contributed by atoms with Gasteiger partial charge in [0.15, 0.2) is 0 Å². The van der Waals surface area contributed by atoms with E-state index in [1.54, 1.807) is 16.9 Å². The van der Waals surface area contributed by atoms with Gasteiger partial charge < -0.3 is 14.0 Å². The number of halogens is 1. The minimum Gasteiger partial charge on any atom is -0.464 e. The standard InChI is InChI=1S/C13H16O.C10H15N.C8H9ClN2S/c1-3-4-5-6-11-9-14-12-8-7-10(2)13(11)12;1-3-10(2)6-4-9-8(10)5-7-11-9;1-5(2)11-4-10-6-3-7(9)12-8(6)11/h7-9H,2-6H2,1H3;5,7,11H,3-4,6H2,1-2H3;3-5H,1-2H3. The van der Waals surface area contributed by atoms with E-state index in [2.05, 4.69) is 68.0 Å². The second-order valence-electron chi connectivity index (χ2n) is 10.6. The topological polar surface area (TPSA) is 46.8 Å². The first-order valence-corrected chi connectivity index (χ1v) is 14.7. The second-order valence-corrected chi connectivity index (χ2v) is 12.2. The Bertz CT molecular complexity index is 1370. The van der Waals surface area contributed by atoms with Crippen molar-refractivity contribution in [3.05, 3.63) is 76.1 Å². The molecule has 4 heterocycles. The molecule has 0 spiro atoms. The lowest BCUT2D eigenvalue weighted by Gasteiger charge is -2.21. The molecule has 37 heavy (non-hydrogen) atoms. The molecule has 0 fully saturated rings. The zero-order valence-corrected chi connectivity index (χ0v) is 24.4. The summed E-state index contributed by atoms with van der Waals surface area (Å²) in [6.07, 6.45) is 18.6. The van der Waals surface area contributed by atoms with Gasteiger partial charge in [-0.3, -0.25) is 0 Å². The molecule has 198 valence electrons. The lowest BCUT2D eigenvalue weighted by atomic mass is 9.83. The summed E-state index contributed by atoms with van der Waals surface area (Å²) in [6, 6.07) is 4.59. The number of H-pyrrole nitrogens is 1. The van der Waals surface area contributed by atoms with E-state index in [0.29, 0.717) is 11.5 Å². The number of hydrogen-bond donors (Lipinski definition) is 1. The number of imidazole rings is 1. The van der Waals surface area contributed by atoms with Crippen LogP contribution in [0.4, 0.5) is 0 Å². The van der Waals surface area contributed by atoms with Gasteiger partial charge in [0.2, 0.25) is 0 Å². The number of aryl methyl sites for hydroxylation is 2. The Hall–Kier alpha value is -2.50. The Morgan fingerprint density at radius 3 is 2.81 bits per heavy atom. The minimum atomic E-state index is 0.449. The van der Waals surface area contributed by atoms with Gasteiger partial charge in [-0.25, -0.2) is 4.98 Å². The van der Waals surface area contributed by atoms with Crippen molar-refractivity contribution in [2.24, 2.45) is 0 Å². The molecule has 0 radical (unpaired) electrons. The molecule has 2 aliphatic carbocycles. The molecule has 4 aromatic heterocycles. The van der Waals surface area contributed by atoms with Gasteiger partial charge in [-0.2, -0.15) is 0 Å². The van der Waals surface area contributed by atoms with E-state index in [-0.39, 0.29) is 0 Å². The molecule has 1 atom stereocenters. The third-order valence-corrected chi connectivity index (χ3v) is 8.93. The van der Waals surface area contributed by atoms with Gasteiger partial charge in [-0.05, 0) is 86.3 Å². The van der Waals surface area contributed by atoms with Crippen LogP contribution in [0.1, 0.15) is 101 Å². The van der Waals surface area contributed by atoms with E-state index in [4.69, 9.17) is 16.0 Å². The molecule has 0 saturated carbocycles. The number of furan rings is 1. The van der Waals surface area contributed by atoms with E-state index in [0.717, 1.165) is 32.4 Å². The van der Waals surface area contributed by atoms with Crippen molar-refractivity contribution in [1.29, 1.82) is 0 Å². The van der Waals surface area contributed by atoms with Gasteiger partial charge in [0.25, 0.3) is 0 Å². The number of aromatic nitrogens is 3. The molecule has 0 saturated heterocycles. The van der Waals surface area contributed by atoms with Crippen molar-refractivity contribution < 1.29 is 4.42 Å². The third-order valence-electron chi connectivity index (χ3n) is 7.67. The Morgan fingerprint density at radius 2 is 2.08 bits per heavy atom. The van der Waals surface area contributed by atoms with Gasteiger partial charge >= 0.3 is 0 Å². The van der Waals surface area contributed by atoms with E-state index in [1.165, 1.54) is 55.3 Å². The number of nitrogens with one attached hydrogen (secondary N) is 1. The lowest BCUT2D eigenvalue weighted by Crippen LogP contribution is -2.15. The summed E-state index contributed by atoms with van der Waals surface area (Å²) in [7, 11) is 0. The second kappa shape index (κ2) is 11.9. The van der Waals surface area contributed by atoms with Crippen LogP contribution in [0.2, 0.25) is 4.34 Å². The number of aromatic amines is 1. The molecule has 4 aromatic rings. The number of allylic oxidation sites excluding steroid dienone is 2. The Labute approximate surface area is 230 Å². The first kappa shape index (κ1) is 27.5. The van der Waals surface area contributed by atoms with Crippen molar-refractivity contribution >= 4 is 44.9 Å². The molecule has 6 heteroatoms. The zero-order valence-electron chi connectivity index (χ0n) is 22.9. The highest BCUT2D eigenvalue weighted by Gasteiger charge is 2.32. The highest BCUT2D eigenvalue weighted by Crippen LogP contribution is 2.40. The van der Waals surface area contributed by atoms with Gasteiger partial charge in [-0.15, -0.1) is 11.3 Å². The van der Waals surface area contributed by atoms with E-state index in [9.17, 15) is 0 Å². The smallest absolute Gasteiger partial charge is 0.134 e. The SMILES string of the molecule is C=C1C=Cc2occ(CCCCC)c21.CC(C)n1cnc2cc(Cl)sc21.CCC1(C)CCc2[nH]ccc21. The highest BCUT2D eigenvalue weighted by atomic mass is 35.5. The van der Waals surface area contributed by atoms with Crippen LogP contribution in [0.5, 0.6) is 0 Å². The predicted octanol–water partition coefficient (Wildman–Crippen LogP) is 10.0. The molecular weight excluding hydrogens is 498 g/mol. The van der Waals surface area contributed by atoms with Gasteiger partial charge in [0.1, 0.15) is 16.1 Å². The van der Waals surface area contributed by atoms with Crippen molar-refractivity contribution in [3.8, 4) is 0 Å². The Balaban J connectivity index is 0.000000131. The molecule has 0 aromatic carbocycles. The first-order valence-electron chi connectivity index (χ1n) is 13.5. The van der Waals surface area contributed by atoms with Gasteiger partial charge in [0, 0.05) is 23.5 Å². The number of fused-ring (bicyclic) bond motifs is 3. The fourth-order valence-electron chi connectivity index (χ4n) is 5.15. The molecule has 6 rings (SSSR count). The first-order chi connectivity index (χ1) is 17.8. The molecule has 1 N–H and O–H groups in total. The Kier molecular flexibility index (Phi) is 8.86. The lowest BCUT2D eigenvalue weighted by molar-refractivity contribution is 0.452. The van der Waals surface area contributed by atoms with Crippen LogP contribution in [0, 0.1) is 0 Å². The minimum absolute atomic E-state index is 0.449. The number of nitrogens with zero attached hydrogens (tertiary/aromatic N) is 2. The third kappa shape index (κ3) is 5.99. The molecule has 1 unspecified atom stereocenters. The van der Waals surface area contributed by atoms with E-state index < -0.39 is 0 Å². The van der Waals surface area contributed by atoms with Crippen molar-refractivity contribution in [2.45, 2.75) is 91.0 Å². The molecule has 0 amide bonds. The van der Waals surface area contributed by atoms with E-state index >= 15 is 0 Å². The fraction of sp³-hybridized carbons (Fsp3) is 0.452. The number of rotatable bonds is 6. The largest absolute Gasteiger partial charge is 0.464 e. The summed E-state index contributed by atoms with van der Waals surface area (Å²) >= 11 is 7.45. The maximum absolute atomic E-state index is 5.87. The van der Waals surface area contributed by atoms with Crippen LogP contribution >= 0.6 is 22.9 Å². The van der Waals surface area contributed by atoms with Crippen LogP contribution in [-0.4, -0.2) is 14.5 Å². The molecule has 0 bridgehead atoms. The quantitative estimate of drug-likeness (QED) is 0.249. The van der Waals surface area contributed by atoms with Crippen LogP contribution in [0.3, 0.4) is 0 Å². The monoisotopic (exact) mass is 537 g/mol. The van der Waals surface area contributed by atoms with Gasteiger partial charge in [0.05, 0.1) is 16.9 Å². The van der Waals surface area contributed by atoms with Crippen molar-refractivity contribution in [1.82, 2.24) is 14.5 Å². The van der Waals surface area contributed by atoms with Gasteiger partial charge in [-0.1, -0.05) is 57.9 Å². The van der Waals surface area contributed by atoms with Crippen LogP contribution in [0.25, 0.3) is 22.0 Å². The molecule has 0 aliphatic heterocycles. The van der Waals surface area contributed by atoms with Crippen molar-refractivity contribution in [2.75, 3.05) is 0 Å². The average Bonchev–Trinajstić information content (AvgIpc) is 3.68. The van der Waals surface area contributed by atoms with Crippen molar-refractivity contribution in [3.63, 3.8) is 0 Å². The average molecular weight is 538 g/mol. The highest BCUT2D eigenvalue weighted by molar-refractivity contribution is 7.22. The summed E-state index contributed by atoms with van der Waals surface area (Å²) in [5, 5.41) is 0. The summed E-state index contributed by atoms with van der Waals surface area (Å²) < 4.78 is 8.40. The predicted molar refractivity (Wildman–Crippen MR) is 160 cm³/mol. The number of hydrogen-bond acceptors (Lipinski definition) is 3. The summed E-state index contributed by atoms with van der Waals surface area (Å²) in [5.74, 6) is 0.987. The maximum Gasteiger partial charge on any atom is 0.134 e. The molecule has 4 nitrogen and oxygen atoms in total.